The summed E-state index contributed by atoms with van der Waals surface area (Å²) in [5.74, 6) is 0. The van der Waals surface area contributed by atoms with Gasteiger partial charge in [-0.2, -0.15) is 0 Å². The molecule has 4 rings (SSSR count). The van der Waals surface area contributed by atoms with Gasteiger partial charge in [0.2, 0.25) is 0 Å². The van der Waals surface area contributed by atoms with Gasteiger partial charge in [0.15, 0.2) is 0 Å². The lowest BCUT2D eigenvalue weighted by atomic mass is 10.1. The maximum atomic E-state index is 12.8. The smallest absolute Gasteiger partial charge is 0.297 e. The average molecular weight is 340 g/mol. The first kappa shape index (κ1) is 15.8. The predicted octanol–water partition coefficient (Wildman–Crippen LogP) is 4.10. The van der Waals surface area contributed by atoms with Crippen molar-refractivity contribution in [3.05, 3.63) is 95.3 Å². The van der Waals surface area contributed by atoms with E-state index in [4.69, 9.17) is 4.98 Å². The van der Waals surface area contributed by atoms with E-state index in [2.05, 4.69) is 15.8 Å². The fourth-order valence-electron chi connectivity index (χ4n) is 2.67. The third-order valence-electron chi connectivity index (χ3n) is 3.94. The van der Waals surface area contributed by atoms with E-state index in [1.165, 1.54) is 0 Å². The Bertz CT molecular complexity index is 1100. The van der Waals surface area contributed by atoms with E-state index >= 15 is 0 Å². The Hall–Kier alpha value is -3.73. The van der Waals surface area contributed by atoms with E-state index in [0.29, 0.717) is 22.4 Å². The van der Waals surface area contributed by atoms with E-state index in [1.807, 2.05) is 78.9 Å². The Labute approximate surface area is 150 Å². The number of rotatable bonds is 4. The quantitative estimate of drug-likeness (QED) is 0.548. The molecule has 1 heterocycles. The molecule has 3 aromatic carbocycles. The summed E-state index contributed by atoms with van der Waals surface area (Å²) in [6.07, 6.45) is 0. The SMILES string of the molecule is O=c1nc2ccccc2nc(-c2ccccc2)c1NNc1ccccc1. The fourth-order valence-corrected chi connectivity index (χ4v) is 2.67. The zero-order valence-corrected chi connectivity index (χ0v) is 13.9. The summed E-state index contributed by atoms with van der Waals surface area (Å²) in [4.78, 5) is 21.7. The molecule has 5 nitrogen and oxygen atoms in total. The highest BCUT2D eigenvalue weighted by atomic mass is 16.1. The van der Waals surface area contributed by atoms with Gasteiger partial charge >= 0.3 is 0 Å². The van der Waals surface area contributed by atoms with Gasteiger partial charge < -0.3 is 5.43 Å². The normalized spacial score (nSPS) is 10.5. The summed E-state index contributed by atoms with van der Waals surface area (Å²) in [7, 11) is 0. The Morgan fingerprint density at radius 2 is 1.19 bits per heavy atom. The van der Waals surface area contributed by atoms with E-state index in [1.54, 1.807) is 6.07 Å². The highest BCUT2D eigenvalue weighted by Crippen LogP contribution is 2.24. The molecule has 0 amide bonds. The fraction of sp³-hybridized carbons (Fsp3) is 0. The molecule has 0 fully saturated rings. The van der Waals surface area contributed by atoms with E-state index in [-0.39, 0.29) is 5.56 Å². The van der Waals surface area contributed by atoms with E-state index < -0.39 is 0 Å². The second kappa shape index (κ2) is 7.03. The van der Waals surface area contributed by atoms with Crippen molar-refractivity contribution in [2.45, 2.75) is 0 Å². The van der Waals surface area contributed by atoms with Gasteiger partial charge in [0.1, 0.15) is 11.4 Å². The second-order valence-corrected chi connectivity index (χ2v) is 5.72. The minimum absolute atomic E-state index is 0.302. The van der Waals surface area contributed by atoms with Crippen LogP contribution in [-0.2, 0) is 0 Å². The molecular formula is C21H16N4O. The van der Waals surface area contributed by atoms with Crippen molar-refractivity contribution in [1.29, 1.82) is 0 Å². The first-order valence-electron chi connectivity index (χ1n) is 8.25. The van der Waals surface area contributed by atoms with Gasteiger partial charge in [0, 0.05) is 5.56 Å². The molecule has 0 unspecified atom stereocenters. The summed E-state index contributed by atoms with van der Waals surface area (Å²) in [5, 5.41) is 0. The number of hydrogen-bond donors (Lipinski definition) is 2. The lowest BCUT2D eigenvalue weighted by molar-refractivity contribution is 1.29. The molecule has 5 heteroatoms. The molecular weight excluding hydrogens is 324 g/mol. The Morgan fingerprint density at radius 1 is 0.615 bits per heavy atom. The topological polar surface area (TPSA) is 66.9 Å². The summed E-state index contributed by atoms with van der Waals surface area (Å²) in [6, 6.07) is 26.5. The minimum Gasteiger partial charge on any atom is -0.301 e. The average Bonchev–Trinajstić information content (AvgIpc) is 2.83. The van der Waals surface area contributed by atoms with Crippen LogP contribution in [0.4, 0.5) is 11.4 Å². The van der Waals surface area contributed by atoms with Crippen LogP contribution in [0.5, 0.6) is 0 Å². The van der Waals surface area contributed by atoms with Crippen LogP contribution in [0.2, 0.25) is 0 Å². The Balaban J connectivity index is 1.89. The Morgan fingerprint density at radius 3 is 1.88 bits per heavy atom. The third kappa shape index (κ3) is 3.23. The molecule has 26 heavy (non-hydrogen) atoms. The van der Waals surface area contributed by atoms with Crippen molar-refractivity contribution in [3.8, 4) is 11.3 Å². The van der Waals surface area contributed by atoms with Crippen LogP contribution in [0.15, 0.2) is 89.7 Å². The molecule has 126 valence electrons. The van der Waals surface area contributed by atoms with Crippen molar-refractivity contribution in [3.63, 3.8) is 0 Å². The number of benzene rings is 3. The molecule has 0 aliphatic carbocycles. The highest BCUT2D eigenvalue weighted by molar-refractivity contribution is 5.81. The summed E-state index contributed by atoms with van der Waals surface area (Å²) in [6.45, 7) is 0. The van der Waals surface area contributed by atoms with Gasteiger partial charge in [-0.1, -0.05) is 60.7 Å². The molecule has 4 aromatic rings. The molecule has 0 saturated heterocycles. The summed E-state index contributed by atoms with van der Waals surface area (Å²) < 4.78 is 0. The molecule has 1 aromatic heterocycles. The molecule has 2 N–H and O–H groups in total. The first-order chi connectivity index (χ1) is 12.8. The molecule has 0 saturated carbocycles. The third-order valence-corrected chi connectivity index (χ3v) is 3.94. The minimum atomic E-state index is -0.374. The van der Waals surface area contributed by atoms with Crippen LogP contribution < -0.4 is 16.4 Å². The number of para-hydroxylation sites is 3. The van der Waals surface area contributed by atoms with Gasteiger partial charge in [-0.25, -0.2) is 9.97 Å². The van der Waals surface area contributed by atoms with Gasteiger partial charge in [-0.3, -0.25) is 10.2 Å². The van der Waals surface area contributed by atoms with Crippen LogP contribution in [0.25, 0.3) is 22.3 Å². The highest BCUT2D eigenvalue weighted by Gasteiger charge is 2.12. The number of hydrogen-bond acceptors (Lipinski definition) is 5. The molecule has 0 atom stereocenters. The van der Waals surface area contributed by atoms with Crippen molar-refractivity contribution >= 4 is 22.4 Å². The summed E-state index contributed by atoms with van der Waals surface area (Å²) >= 11 is 0. The predicted molar refractivity (Wildman–Crippen MR) is 105 cm³/mol. The standard InChI is InChI=1S/C21H16N4O/c26-21-20(25-24-16-11-5-2-6-12-16)19(15-9-3-1-4-10-15)22-17-13-7-8-14-18(17)23-21/h1-14,24H,(H,23,25,26). The zero-order chi connectivity index (χ0) is 17.8. The lowest BCUT2D eigenvalue weighted by Crippen LogP contribution is -2.18. The maximum absolute atomic E-state index is 12.8. The maximum Gasteiger partial charge on any atom is 0.297 e. The van der Waals surface area contributed by atoms with Gasteiger partial charge in [0.05, 0.1) is 16.7 Å². The number of anilines is 2. The number of nitrogens with one attached hydrogen (secondary N) is 2. The van der Waals surface area contributed by atoms with Crippen LogP contribution in [-0.4, -0.2) is 9.97 Å². The molecule has 0 radical (unpaired) electrons. The van der Waals surface area contributed by atoms with Gasteiger partial charge in [0.25, 0.3) is 5.56 Å². The zero-order valence-electron chi connectivity index (χ0n) is 13.9. The van der Waals surface area contributed by atoms with E-state index in [0.717, 1.165) is 11.3 Å². The van der Waals surface area contributed by atoms with Crippen LogP contribution in [0.1, 0.15) is 0 Å². The van der Waals surface area contributed by atoms with Crippen molar-refractivity contribution in [2.75, 3.05) is 10.9 Å². The number of nitrogens with zero attached hydrogens (tertiary/aromatic N) is 2. The Kier molecular flexibility index (Phi) is 4.26. The van der Waals surface area contributed by atoms with Crippen LogP contribution >= 0.6 is 0 Å². The summed E-state index contributed by atoms with van der Waals surface area (Å²) in [5.41, 5.74) is 9.43. The van der Waals surface area contributed by atoms with E-state index in [9.17, 15) is 4.79 Å². The van der Waals surface area contributed by atoms with Gasteiger partial charge in [-0.15, -0.1) is 0 Å². The van der Waals surface area contributed by atoms with Crippen molar-refractivity contribution < 1.29 is 0 Å². The molecule has 0 spiro atoms. The van der Waals surface area contributed by atoms with Crippen LogP contribution in [0, 0.1) is 0 Å². The first-order valence-corrected chi connectivity index (χ1v) is 8.25. The largest absolute Gasteiger partial charge is 0.301 e. The van der Waals surface area contributed by atoms with Crippen molar-refractivity contribution in [2.24, 2.45) is 0 Å². The lowest BCUT2D eigenvalue weighted by Gasteiger charge is -2.10. The monoisotopic (exact) mass is 340 g/mol. The second-order valence-electron chi connectivity index (χ2n) is 5.72. The van der Waals surface area contributed by atoms with Crippen LogP contribution in [0.3, 0.4) is 0 Å². The number of hydrazine groups is 1. The molecule has 0 bridgehead atoms. The molecule has 0 aliphatic rings. The molecule has 0 aliphatic heterocycles. The van der Waals surface area contributed by atoms with Gasteiger partial charge in [-0.05, 0) is 24.3 Å². The van der Waals surface area contributed by atoms with Crippen molar-refractivity contribution in [1.82, 2.24) is 9.97 Å². The number of aromatic nitrogens is 2. The number of fused-ring (bicyclic) bond motifs is 1.